The first-order chi connectivity index (χ1) is 14.4. The summed E-state index contributed by atoms with van der Waals surface area (Å²) in [7, 11) is -3.86. The van der Waals surface area contributed by atoms with Crippen molar-refractivity contribution >= 4 is 33.4 Å². The smallest absolute Gasteiger partial charge is 0.264 e. The third kappa shape index (κ3) is 5.79. The predicted octanol–water partition coefficient (Wildman–Crippen LogP) is 4.29. The van der Waals surface area contributed by atoms with E-state index in [0.717, 1.165) is 16.9 Å². The fraction of sp³-hybridized carbons (Fsp3) is 0.435. The van der Waals surface area contributed by atoms with Crippen LogP contribution in [0.4, 0.5) is 5.69 Å². The molecule has 2 aromatic rings. The summed E-state index contributed by atoms with van der Waals surface area (Å²) < 4.78 is 28.0. The van der Waals surface area contributed by atoms with Gasteiger partial charge in [-0.3, -0.25) is 9.10 Å². The highest BCUT2D eigenvalue weighted by molar-refractivity contribution is 7.99. The molecule has 3 rings (SSSR count). The van der Waals surface area contributed by atoms with Crippen LogP contribution >= 0.6 is 11.8 Å². The van der Waals surface area contributed by atoms with Gasteiger partial charge < -0.3 is 5.32 Å². The van der Waals surface area contributed by atoms with Crippen LogP contribution < -0.4 is 9.62 Å². The van der Waals surface area contributed by atoms with Crippen molar-refractivity contribution in [1.29, 1.82) is 0 Å². The van der Waals surface area contributed by atoms with Gasteiger partial charge in [0, 0.05) is 17.5 Å². The summed E-state index contributed by atoms with van der Waals surface area (Å²) in [6.07, 6.45) is 5.11. The Morgan fingerprint density at radius 2 is 1.80 bits per heavy atom. The summed E-state index contributed by atoms with van der Waals surface area (Å²) in [5.74, 6) is 0.563. The Kier molecular flexibility index (Phi) is 7.83. The number of nitrogens with one attached hydrogen (secondary N) is 1. The lowest BCUT2D eigenvalue weighted by Crippen LogP contribution is -2.41. The molecule has 1 amide bonds. The van der Waals surface area contributed by atoms with Gasteiger partial charge in [-0.2, -0.15) is 11.8 Å². The van der Waals surface area contributed by atoms with Gasteiger partial charge in [0.1, 0.15) is 6.54 Å². The van der Waals surface area contributed by atoms with E-state index < -0.39 is 10.0 Å². The largest absolute Gasteiger partial charge is 0.354 e. The molecule has 0 aliphatic heterocycles. The molecular formula is C23H30N2O3S2. The second kappa shape index (κ2) is 10.4. The molecule has 1 fully saturated rings. The highest BCUT2D eigenvalue weighted by Crippen LogP contribution is 2.29. The zero-order valence-electron chi connectivity index (χ0n) is 17.6. The Labute approximate surface area is 184 Å². The van der Waals surface area contributed by atoms with Gasteiger partial charge in [0.05, 0.1) is 10.6 Å². The monoisotopic (exact) mass is 446 g/mol. The number of carbonyl (C=O) groups excluding carboxylic acids is 1. The van der Waals surface area contributed by atoms with Crippen LogP contribution in [0.25, 0.3) is 0 Å². The fourth-order valence-electron chi connectivity index (χ4n) is 3.66. The standard InChI is InChI=1S/C23H30N2O3S2/c1-18-12-13-19(2)22(16-18)25(30(27,28)21-10-4-3-5-11-21)17-23(26)24-14-15-29-20-8-6-7-9-20/h3-5,10-13,16,20H,6-9,14-15,17H2,1-2H3,(H,24,26). The fourth-order valence-corrected chi connectivity index (χ4v) is 6.38. The number of amides is 1. The molecule has 0 saturated heterocycles. The van der Waals surface area contributed by atoms with Gasteiger partial charge in [-0.25, -0.2) is 8.42 Å². The second-order valence-corrected chi connectivity index (χ2v) is 11.0. The zero-order chi connectivity index (χ0) is 21.6. The molecule has 1 N–H and O–H groups in total. The minimum absolute atomic E-state index is 0.176. The molecule has 5 nitrogen and oxygen atoms in total. The third-order valence-corrected chi connectivity index (χ3v) is 8.49. The maximum absolute atomic E-state index is 13.4. The van der Waals surface area contributed by atoms with Gasteiger partial charge >= 0.3 is 0 Å². The molecule has 1 saturated carbocycles. The van der Waals surface area contributed by atoms with E-state index in [0.29, 0.717) is 17.5 Å². The lowest BCUT2D eigenvalue weighted by Gasteiger charge is -2.26. The average Bonchev–Trinajstić information content (AvgIpc) is 3.25. The number of thioether (sulfide) groups is 1. The SMILES string of the molecule is Cc1ccc(C)c(N(CC(=O)NCCSC2CCCC2)S(=O)(=O)c2ccccc2)c1. The summed E-state index contributed by atoms with van der Waals surface area (Å²) in [4.78, 5) is 12.8. The normalized spacial score (nSPS) is 14.6. The first-order valence-electron chi connectivity index (χ1n) is 10.4. The predicted molar refractivity (Wildman–Crippen MR) is 125 cm³/mol. The van der Waals surface area contributed by atoms with Crippen molar-refractivity contribution in [1.82, 2.24) is 5.32 Å². The molecular weight excluding hydrogens is 416 g/mol. The Morgan fingerprint density at radius 1 is 1.10 bits per heavy atom. The average molecular weight is 447 g/mol. The van der Waals surface area contributed by atoms with E-state index in [-0.39, 0.29) is 17.3 Å². The highest BCUT2D eigenvalue weighted by atomic mass is 32.2. The van der Waals surface area contributed by atoms with Crippen LogP contribution in [0.5, 0.6) is 0 Å². The number of anilines is 1. The first kappa shape index (κ1) is 22.7. The summed E-state index contributed by atoms with van der Waals surface area (Å²) >= 11 is 1.90. The topological polar surface area (TPSA) is 66.5 Å². The van der Waals surface area contributed by atoms with Crippen molar-refractivity contribution in [3.8, 4) is 0 Å². The van der Waals surface area contributed by atoms with Gasteiger partial charge in [-0.05, 0) is 56.0 Å². The van der Waals surface area contributed by atoms with Crippen LogP contribution in [0, 0.1) is 13.8 Å². The Hall–Kier alpha value is -1.99. The van der Waals surface area contributed by atoms with E-state index >= 15 is 0 Å². The first-order valence-corrected chi connectivity index (χ1v) is 12.9. The molecule has 30 heavy (non-hydrogen) atoms. The van der Waals surface area contributed by atoms with E-state index in [2.05, 4.69) is 5.32 Å². The van der Waals surface area contributed by atoms with E-state index in [1.807, 2.05) is 43.8 Å². The summed E-state index contributed by atoms with van der Waals surface area (Å²) in [5.41, 5.74) is 2.29. The van der Waals surface area contributed by atoms with Crippen molar-refractivity contribution in [2.75, 3.05) is 23.1 Å². The van der Waals surface area contributed by atoms with Crippen LogP contribution in [0.3, 0.4) is 0 Å². The van der Waals surface area contributed by atoms with Gasteiger partial charge in [0.25, 0.3) is 10.0 Å². The van der Waals surface area contributed by atoms with Crippen molar-refractivity contribution in [3.63, 3.8) is 0 Å². The number of aryl methyl sites for hydroxylation is 2. The molecule has 0 radical (unpaired) electrons. The number of sulfonamides is 1. The van der Waals surface area contributed by atoms with Crippen LogP contribution in [0.15, 0.2) is 53.4 Å². The summed E-state index contributed by atoms with van der Waals surface area (Å²) in [6.45, 7) is 4.08. The van der Waals surface area contributed by atoms with Gasteiger partial charge in [0.15, 0.2) is 0 Å². The number of benzene rings is 2. The Balaban J connectivity index is 1.74. The van der Waals surface area contributed by atoms with E-state index in [9.17, 15) is 13.2 Å². The molecule has 0 bridgehead atoms. The lowest BCUT2D eigenvalue weighted by molar-refractivity contribution is -0.119. The van der Waals surface area contributed by atoms with Crippen molar-refractivity contribution in [2.45, 2.75) is 49.7 Å². The maximum atomic E-state index is 13.4. The number of rotatable bonds is 9. The molecule has 162 valence electrons. The van der Waals surface area contributed by atoms with E-state index in [1.165, 1.54) is 30.0 Å². The van der Waals surface area contributed by atoms with Gasteiger partial charge in [-0.1, -0.05) is 43.2 Å². The third-order valence-electron chi connectivity index (χ3n) is 5.33. The summed E-state index contributed by atoms with van der Waals surface area (Å²) in [6, 6.07) is 13.9. The minimum Gasteiger partial charge on any atom is -0.354 e. The minimum atomic E-state index is -3.86. The Bertz CT molecular complexity index is 956. The number of hydrogen-bond acceptors (Lipinski definition) is 4. The molecule has 0 atom stereocenters. The Morgan fingerprint density at radius 3 is 2.50 bits per heavy atom. The van der Waals surface area contributed by atoms with Crippen LogP contribution in [-0.2, 0) is 14.8 Å². The highest BCUT2D eigenvalue weighted by Gasteiger charge is 2.28. The second-order valence-electron chi connectivity index (χ2n) is 7.74. The van der Waals surface area contributed by atoms with E-state index in [1.54, 1.807) is 30.3 Å². The van der Waals surface area contributed by atoms with Crippen molar-refractivity contribution in [3.05, 3.63) is 59.7 Å². The van der Waals surface area contributed by atoms with Crippen LogP contribution in [0.2, 0.25) is 0 Å². The molecule has 0 spiro atoms. The number of hydrogen-bond donors (Lipinski definition) is 1. The molecule has 0 unspecified atom stereocenters. The molecule has 7 heteroatoms. The quantitative estimate of drug-likeness (QED) is 0.584. The van der Waals surface area contributed by atoms with Crippen LogP contribution in [0.1, 0.15) is 36.8 Å². The number of carbonyl (C=O) groups is 1. The molecule has 0 heterocycles. The van der Waals surface area contributed by atoms with Crippen LogP contribution in [-0.4, -0.2) is 38.4 Å². The van der Waals surface area contributed by atoms with Gasteiger partial charge in [-0.15, -0.1) is 0 Å². The zero-order valence-corrected chi connectivity index (χ0v) is 19.3. The number of nitrogens with zero attached hydrogens (tertiary/aromatic N) is 1. The van der Waals surface area contributed by atoms with Crippen molar-refractivity contribution < 1.29 is 13.2 Å². The molecule has 0 aromatic heterocycles. The summed E-state index contributed by atoms with van der Waals surface area (Å²) in [5, 5.41) is 3.60. The van der Waals surface area contributed by atoms with E-state index in [4.69, 9.17) is 0 Å². The molecule has 1 aliphatic rings. The molecule has 1 aliphatic carbocycles. The molecule has 2 aromatic carbocycles. The van der Waals surface area contributed by atoms with Crippen molar-refractivity contribution in [2.24, 2.45) is 0 Å². The maximum Gasteiger partial charge on any atom is 0.264 e. The lowest BCUT2D eigenvalue weighted by atomic mass is 10.1. The van der Waals surface area contributed by atoms with Gasteiger partial charge in [0.2, 0.25) is 5.91 Å².